The van der Waals surface area contributed by atoms with E-state index in [0.717, 1.165) is 24.2 Å². The summed E-state index contributed by atoms with van der Waals surface area (Å²) in [6, 6.07) is 13.7. The number of hydrogen-bond acceptors (Lipinski definition) is 4. The summed E-state index contributed by atoms with van der Waals surface area (Å²) in [5.74, 6) is -0.293. The predicted molar refractivity (Wildman–Crippen MR) is 124 cm³/mol. The number of rotatable bonds is 5. The molecule has 0 saturated carbocycles. The average molecular weight is 419 g/mol. The van der Waals surface area contributed by atoms with Crippen LogP contribution < -0.4 is 10.7 Å². The maximum Gasteiger partial charge on any atom is 0.287 e. The third kappa shape index (κ3) is 4.72. The van der Waals surface area contributed by atoms with E-state index in [4.69, 9.17) is 4.42 Å². The van der Waals surface area contributed by atoms with Gasteiger partial charge in [0.05, 0.1) is 11.4 Å². The zero-order valence-electron chi connectivity index (χ0n) is 18.5. The maximum absolute atomic E-state index is 12.9. The molecule has 1 N–H and O–H groups in total. The molecule has 2 aromatic carbocycles. The van der Waals surface area contributed by atoms with Crippen molar-refractivity contribution in [2.45, 2.75) is 46.1 Å². The van der Waals surface area contributed by atoms with Crippen LogP contribution in [0.25, 0.3) is 11.0 Å². The van der Waals surface area contributed by atoms with E-state index in [-0.39, 0.29) is 23.1 Å². The van der Waals surface area contributed by atoms with Gasteiger partial charge < -0.3 is 9.73 Å². The molecule has 2 heterocycles. The molecule has 1 atom stereocenters. The van der Waals surface area contributed by atoms with Crippen LogP contribution in [0.5, 0.6) is 0 Å². The van der Waals surface area contributed by atoms with E-state index in [9.17, 15) is 9.59 Å². The third-order valence-corrected chi connectivity index (χ3v) is 6.13. The molecule has 1 saturated heterocycles. The monoisotopic (exact) mass is 418 g/mol. The van der Waals surface area contributed by atoms with Gasteiger partial charge in [-0.15, -0.1) is 0 Å². The summed E-state index contributed by atoms with van der Waals surface area (Å²) in [5.41, 5.74) is 4.55. The van der Waals surface area contributed by atoms with Gasteiger partial charge in [-0.25, -0.2) is 0 Å². The first kappa shape index (κ1) is 21.3. The summed E-state index contributed by atoms with van der Waals surface area (Å²) in [4.78, 5) is 28.0. The first-order chi connectivity index (χ1) is 14.9. The van der Waals surface area contributed by atoms with Crippen LogP contribution in [-0.2, 0) is 0 Å². The molecule has 31 heavy (non-hydrogen) atoms. The normalized spacial score (nSPS) is 15.7. The number of aryl methyl sites for hydroxylation is 3. The average Bonchev–Trinajstić information content (AvgIpc) is 2.76. The molecule has 0 aliphatic carbocycles. The lowest BCUT2D eigenvalue weighted by atomic mass is 10.0. The molecule has 1 aromatic heterocycles. The van der Waals surface area contributed by atoms with E-state index >= 15 is 0 Å². The van der Waals surface area contributed by atoms with Crippen LogP contribution in [0, 0.1) is 20.8 Å². The molecule has 1 aliphatic rings. The van der Waals surface area contributed by atoms with E-state index in [0.29, 0.717) is 17.5 Å². The van der Waals surface area contributed by atoms with Crippen LogP contribution in [0.4, 0.5) is 0 Å². The minimum Gasteiger partial charge on any atom is -0.450 e. The second-order valence-electron chi connectivity index (χ2n) is 8.67. The van der Waals surface area contributed by atoms with Crippen molar-refractivity contribution in [1.29, 1.82) is 0 Å². The van der Waals surface area contributed by atoms with Gasteiger partial charge in [-0.05, 0) is 69.5 Å². The summed E-state index contributed by atoms with van der Waals surface area (Å²) in [6.45, 7) is 8.43. The summed E-state index contributed by atoms with van der Waals surface area (Å²) in [6.07, 6.45) is 3.60. The van der Waals surface area contributed by atoms with Crippen LogP contribution in [-0.4, -0.2) is 30.4 Å². The van der Waals surface area contributed by atoms with Crippen molar-refractivity contribution >= 4 is 16.9 Å². The highest BCUT2D eigenvalue weighted by Gasteiger charge is 2.24. The Balaban J connectivity index is 1.57. The van der Waals surface area contributed by atoms with Crippen LogP contribution in [0.2, 0.25) is 0 Å². The van der Waals surface area contributed by atoms with E-state index in [1.165, 1.54) is 36.5 Å². The van der Waals surface area contributed by atoms with E-state index in [1.54, 1.807) is 6.07 Å². The molecule has 1 amide bonds. The lowest BCUT2D eigenvalue weighted by molar-refractivity contribution is 0.0897. The molecule has 1 aliphatic heterocycles. The molecule has 3 aromatic rings. The topological polar surface area (TPSA) is 62.6 Å². The summed E-state index contributed by atoms with van der Waals surface area (Å²) < 4.78 is 5.86. The lowest BCUT2D eigenvalue weighted by Gasteiger charge is -2.35. The number of carbonyl (C=O) groups excluding carboxylic acids is 1. The fraction of sp³-hybridized carbons (Fsp3) is 0.385. The number of nitrogens with zero attached hydrogens (tertiary/aromatic N) is 1. The Bertz CT molecular complexity index is 1140. The molecule has 5 heteroatoms. The molecule has 0 radical (unpaired) electrons. The first-order valence-electron chi connectivity index (χ1n) is 11.1. The fourth-order valence-electron chi connectivity index (χ4n) is 4.47. The molecule has 0 unspecified atom stereocenters. The second-order valence-corrected chi connectivity index (χ2v) is 8.67. The van der Waals surface area contributed by atoms with Crippen LogP contribution in [0.1, 0.15) is 58.1 Å². The van der Waals surface area contributed by atoms with E-state index < -0.39 is 0 Å². The summed E-state index contributed by atoms with van der Waals surface area (Å²) >= 11 is 0. The van der Waals surface area contributed by atoms with Gasteiger partial charge in [0, 0.05) is 12.6 Å². The van der Waals surface area contributed by atoms with Gasteiger partial charge in [0.2, 0.25) is 0 Å². The molecule has 0 spiro atoms. The third-order valence-electron chi connectivity index (χ3n) is 6.13. The lowest BCUT2D eigenvalue weighted by Crippen LogP contribution is -2.40. The van der Waals surface area contributed by atoms with Crippen LogP contribution in [0.15, 0.2) is 51.7 Å². The van der Waals surface area contributed by atoms with E-state index in [1.807, 2.05) is 19.9 Å². The van der Waals surface area contributed by atoms with Crippen LogP contribution in [0.3, 0.4) is 0 Å². The standard InChI is InChI=1S/C26H30N2O3/c1-17-7-9-20(10-8-17)22(28-11-5-4-6-12-28)16-27-26(30)24-15-23(29)21-14-18(2)13-19(3)25(21)31-24/h7-10,13-15,22H,4-6,11-12,16H2,1-3H3,(H,27,30)/t22-/m0/s1. The number of fused-ring (bicyclic) bond motifs is 1. The maximum atomic E-state index is 12.9. The highest BCUT2D eigenvalue weighted by atomic mass is 16.3. The van der Waals surface area contributed by atoms with Gasteiger partial charge in [-0.2, -0.15) is 0 Å². The van der Waals surface area contributed by atoms with Crippen molar-refractivity contribution in [2.75, 3.05) is 19.6 Å². The molecule has 162 valence electrons. The predicted octanol–water partition coefficient (Wildman–Crippen LogP) is 4.68. The smallest absolute Gasteiger partial charge is 0.287 e. The molecular weight excluding hydrogens is 388 g/mol. The highest BCUT2D eigenvalue weighted by molar-refractivity contribution is 5.93. The minimum absolute atomic E-state index is 0.0609. The largest absolute Gasteiger partial charge is 0.450 e. The highest BCUT2D eigenvalue weighted by Crippen LogP contribution is 2.25. The molecule has 0 bridgehead atoms. The SMILES string of the molecule is Cc1ccc([C@H](CNC(=O)c2cc(=O)c3cc(C)cc(C)c3o2)N2CCCCC2)cc1. The number of likely N-dealkylation sites (tertiary alicyclic amines) is 1. The number of hydrogen-bond donors (Lipinski definition) is 1. The van der Waals surface area contributed by atoms with Crippen LogP contribution >= 0.6 is 0 Å². The number of benzene rings is 2. The Labute approximate surface area is 183 Å². The van der Waals surface area contributed by atoms with Gasteiger partial charge in [0.25, 0.3) is 5.91 Å². The van der Waals surface area contributed by atoms with Crippen molar-refractivity contribution in [2.24, 2.45) is 0 Å². The Kier molecular flexibility index (Phi) is 6.23. The zero-order chi connectivity index (χ0) is 22.0. The van der Waals surface area contributed by atoms with Crippen molar-refractivity contribution in [3.05, 3.63) is 80.7 Å². The molecule has 1 fully saturated rings. The first-order valence-corrected chi connectivity index (χ1v) is 11.1. The van der Waals surface area contributed by atoms with Crippen molar-refractivity contribution in [3.63, 3.8) is 0 Å². The van der Waals surface area contributed by atoms with Gasteiger partial charge in [-0.3, -0.25) is 14.5 Å². The summed E-state index contributed by atoms with van der Waals surface area (Å²) in [5, 5.41) is 3.53. The molecule has 5 nitrogen and oxygen atoms in total. The Hall–Kier alpha value is -2.92. The van der Waals surface area contributed by atoms with Crippen molar-refractivity contribution in [3.8, 4) is 0 Å². The zero-order valence-corrected chi connectivity index (χ0v) is 18.5. The molecular formula is C26H30N2O3. The van der Waals surface area contributed by atoms with Gasteiger partial charge in [0.1, 0.15) is 5.58 Å². The molecule has 4 rings (SSSR count). The van der Waals surface area contributed by atoms with Crippen molar-refractivity contribution < 1.29 is 9.21 Å². The fourth-order valence-corrected chi connectivity index (χ4v) is 4.47. The minimum atomic E-state index is -0.354. The van der Waals surface area contributed by atoms with Crippen molar-refractivity contribution in [1.82, 2.24) is 10.2 Å². The second kappa shape index (κ2) is 9.06. The Morgan fingerprint density at radius 3 is 2.42 bits per heavy atom. The number of nitrogens with one attached hydrogen (secondary N) is 1. The number of amides is 1. The summed E-state index contributed by atoms with van der Waals surface area (Å²) in [7, 11) is 0. The van der Waals surface area contributed by atoms with Gasteiger partial charge >= 0.3 is 0 Å². The number of piperidine rings is 1. The van der Waals surface area contributed by atoms with E-state index in [2.05, 4.69) is 41.4 Å². The quantitative estimate of drug-likeness (QED) is 0.654. The number of carbonyl (C=O) groups is 1. The Morgan fingerprint density at radius 1 is 1.00 bits per heavy atom. The van der Waals surface area contributed by atoms with Gasteiger partial charge in [-0.1, -0.05) is 42.3 Å². The Morgan fingerprint density at radius 2 is 1.71 bits per heavy atom. The van der Waals surface area contributed by atoms with Gasteiger partial charge in [0.15, 0.2) is 11.2 Å².